The first-order valence-corrected chi connectivity index (χ1v) is 8.67. The summed E-state index contributed by atoms with van der Waals surface area (Å²) >= 11 is 7.64. The molecule has 1 saturated heterocycles. The fourth-order valence-corrected chi connectivity index (χ4v) is 3.34. The first-order valence-electron chi connectivity index (χ1n) is 7.31. The van der Waals surface area contributed by atoms with Gasteiger partial charge in [-0.25, -0.2) is 0 Å². The van der Waals surface area contributed by atoms with Crippen LogP contribution in [0, 0.1) is 5.92 Å². The summed E-state index contributed by atoms with van der Waals surface area (Å²) in [7, 11) is 0. The number of piperidine rings is 1. The summed E-state index contributed by atoms with van der Waals surface area (Å²) in [6.45, 7) is 4.17. The topological polar surface area (TPSA) is 20.3 Å². The van der Waals surface area contributed by atoms with Crippen LogP contribution in [0.5, 0.6) is 0 Å². The number of nitrogens with zero attached hydrogens (tertiary/aromatic N) is 1. The number of thioether (sulfide) groups is 1. The molecule has 1 aromatic rings. The van der Waals surface area contributed by atoms with E-state index in [1.807, 2.05) is 29.2 Å². The Morgan fingerprint density at radius 2 is 1.95 bits per heavy atom. The number of rotatable bonds is 5. The second kappa shape index (κ2) is 7.94. The lowest BCUT2D eigenvalue weighted by molar-refractivity contribution is -0.132. The molecule has 110 valence electrons. The van der Waals surface area contributed by atoms with Crippen molar-refractivity contribution >= 4 is 29.3 Å². The molecule has 4 heteroatoms. The Hall–Kier alpha value is -0.670. The van der Waals surface area contributed by atoms with Crippen molar-refractivity contribution in [3.63, 3.8) is 0 Å². The third-order valence-corrected chi connectivity index (χ3v) is 5.10. The van der Waals surface area contributed by atoms with Crippen molar-refractivity contribution in [1.29, 1.82) is 0 Å². The highest BCUT2D eigenvalue weighted by molar-refractivity contribution is 7.99. The minimum absolute atomic E-state index is 0.327. The molecule has 1 aliphatic rings. The Labute approximate surface area is 130 Å². The maximum Gasteiger partial charge on any atom is 0.222 e. The molecule has 0 radical (unpaired) electrons. The molecule has 0 aromatic heterocycles. The Kier molecular flexibility index (Phi) is 6.24. The standard InChI is InChI=1S/C16H22ClNOS/c1-13-8-10-18(11-9-13)16(19)3-2-12-20-15-6-4-14(17)5-7-15/h4-7,13H,2-3,8-12H2,1H3. The average molecular weight is 312 g/mol. The molecule has 0 bridgehead atoms. The van der Waals surface area contributed by atoms with E-state index in [0.717, 1.165) is 49.0 Å². The summed E-state index contributed by atoms with van der Waals surface area (Å²) in [5, 5.41) is 0.767. The van der Waals surface area contributed by atoms with Crippen molar-refractivity contribution in [3.8, 4) is 0 Å². The number of carbonyl (C=O) groups excluding carboxylic acids is 1. The fourth-order valence-electron chi connectivity index (χ4n) is 2.36. The van der Waals surface area contributed by atoms with Gasteiger partial charge < -0.3 is 4.90 Å². The van der Waals surface area contributed by atoms with Crippen LogP contribution in [0.2, 0.25) is 5.02 Å². The second-order valence-corrected chi connectivity index (χ2v) is 7.07. The maximum absolute atomic E-state index is 12.1. The Morgan fingerprint density at radius 1 is 1.30 bits per heavy atom. The number of halogens is 1. The fraction of sp³-hybridized carbons (Fsp3) is 0.562. The molecule has 0 spiro atoms. The van der Waals surface area contributed by atoms with Gasteiger partial charge in [0.2, 0.25) is 5.91 Å². The highest BCUT2D eigenvalue weighted by Gasteiger charge is 2.19. The van der Waals surface area contributed by atoms with Crippen LogP contribution < -0.4 is 0 Å². The van der Waals surface area contributed by atoms with E-state index in [-0.39, 0.29) is 0 Å². The van der Waals surface area contributed by atoms with Crippen LogP contribution in [0.3, 0.4) is 0 Å². The van der Waals surface area contributed by atoms with E-state index in [1.54, 1.807) is 11.8 Å². The van der Waals surface area contributed by atoms with Crippen molar-refractivity contribution in [2.24, 2.45) is 5.92 Å². The molecular formula is C16H22ClNOS. The molecule has 1 amide bonds. The van der Waals surface area contributed by atoms with Gasteiger partial charge in [0.1, 0.15) is 0 Å². The van der Waals surface area contributed by atoms with Gasteiger partial charge in [0.25, 0.3) is 0 Å². The van der Waals surface area contributed by atoms with E-state index in [9.17, 15) is 4.79 Å². The minimum atomic E-state index is 0.327. The van der Waals surface area contributed by atoms with Crippen LogP contribution in [0.25, 0.3) is 0 Å². The number of likely N-dealkylation sites (tertiary alicyclic amines) is 1. The molecule has 20 heavy (non-hydrogen) atoms. The number of hydrogen-bond acceptors (Lipinski definition) is 2. The Bertz CT molecular complexity index is 427. The van der Waals surface area contributed by atoms with Gasteiger partial charge in [0.15, 0.2) is 0 Å². The summed E-state index contributed by atoms with van der Waals surface area (Å²) in [5.74, 6) is 2.09. The lowest BCUT2D eigenvalue weighted by Gasteiger charge is -2.30. The molecule has 0 N–H and O–H groups in total. The van der Waals surface area contributed by atoms with Crippen molar-refractivity contribution in [2.75, 3.05) is 18.8 Å². The van der Waals surface area contributed by atoms with E-state index >= 15 is 0 Å². The smallest absolute Gasteiger partial charge is 0.222 e. The molecule has 0 aliphatic carbocycles. The van der Waals surface area contributed by atoms with Gasteiger partial charge in [-0.05, 0) is 55.2 Å². The van der Waals surface area contributed by atoms with Gasteiger partial charge >= 0.3 is 0 Å². The van der Waals surface area contributed by atoms with Crippen molar-refractivity contribution in [2.45, 2.75) is 37.5 Å². The van der Waals surface area contributed by atoms with Crippen LogP contribution in [0.1, 0.15) is 32.6 Å². The van der Waals surface area contributed by atoms with Crippen molar-refractivity contribution in [1.82, 2.24) is 4.90 Å². The zero-order valence-electron chi connectivity index (χ0n) is 12.0. The van der Waals surface area contributed by atoms with E-state index in [1.165, 1.54) is 4.90 Å². The highest BCUT2D eigenvalue weighted by Crippen LogP contribution is 2.22. The second-order valence-electron chi connectivity index (χ2n) is 5.47. The first-order chi connectivity index (χ1) is 9.65. The Morgan fingerprint density at radius 3 is 2.60 bits per heavy atom. The summed E-state index contributed by atoms with van der Waals surface area (Å²) in [4.78, 5) is 15.3. The van der Waals surface area contributed by atoms with Gasteiger partial charge in [0, 0.05) is 29.4 Å². The molecule has 2 rings (SSSR count). The highest BCUT2D eigenvalue weighted by atomic mass is 35.5. The molecule has 1 heterocycles. The van der Waals surface area contributed by atoms with Gasteiger partial charge in [-0.15, -0.1) is 11.8 Å². The van der Waals surface area contributed by atoms with Crippen LogP contribution in [0.4, 0.5) is 0 Å². The molecule has 0 atom stereocenters. The average Bonchev–Trinajstić information content (AvgIpc) is 2.46. The summed E-state index contributed by atoms with van der Waals surface area (Å²) < 4.78 is 0. The van der Waals surface area contributed by atoms with Crippen LogP contribution in [-0.2, 0) is 4.79 Å². The molecule has 1 aliphatic heterocycles. The lowest BCUT2D eigenvalue weighted by atomic mass is 9.99. The van der Waals surface area contributed by atoms with E-state index in [4.69, 9.17) is 11.6 Å². The third-order valence-electron chi connectivity index (χ3n) is 3.75. The van der Waals surface area contributed by atoms with Gasteiger partial charge in [0.05, 0.1) is 0 Å². The summed E-state index contributed by atoms with van der Waals surface area (Å²) in [6, 6.07) is 7.87. The largest absolute Gasteiger partial charge is 0.343 e. The quantitative estimate of drug-likeness (QED) is 0.590. The van der Waals surface area contributed by atoms with Gasteiger partial charge in [-0.3, -0.25) is 4.79 Å². The van der Waals surface area contributed by atoms with Crippen molar-refractivity contribution in [3.05, 3.63) is 29.3 Å². The number of carbonyl (C=O) groups is 1. The predicted octanol–water partition coefficient (Wildman–Crippen LogP) is 4.47. The maximum atomic E-state index is 12.1. The Balaban J connectivity index is 1.63. The van der Waals surface area contributed by atoms with Gasteiger partial charge in [-0.2, -0.15) is 0 Å². The predicted molar refractivity (Wildman–Crippen MR) is 86.4 cm³/mol. The van der Waals surface area contributed by atoms with Crippen LogP contribution >= 0.6 is 23.4 Å². The van der Waals surface area contributed by atoms with E-state index in [2.05, 4.69) is 6.92 Å². The van der Waals surface area contributed by atoms with E-state index < -0.39 is 0 Å². The molecular weight excluding hydrogens is 290 g/mol. The zero-order chi connectivity index (χ0) is 14.4. The molecule has 0 unspecified atom stereocenters. The molecule has 2 nitrogen and oxygen atoms in total. The van der Waals surface area contributed by atoms with Crippen molar-refractivity contribution < 1.29 is 4.79 Å². The third kappa shape index (κ3) is 5.02. The van der Waals surface area contributed by atoms with Crippen LogP contribution in [-0.4, -0.2) is 29.6 Å². The van der Waals surface area contributed by atoms with Crippen LogP contribution in [0.15, 0.2) is 29.2 Å². The summed E-state index contributed by atoms with van der Waals surface area (Å²) in [6.07, 6.45) is 3.93. The van der Waals surface area contributed by atoms with Gasteiger partial charge in [-0.1, -0.05) is 18.5 Å². The normalized spacial score (nSPS) is 16.4. The monoisotopic (exact) mass is 311 g/mol. The van der Waals surface area contributed by atoms with E-state index in [0.29, 0.717) is 12.3 Å². The first kappa shape index (κ1) is 15.7. The molecule has 0 saturated carbocycles. The minimum Gasteiger partial charge on any atom is -0.343 e. The zero-order valence-corrected chi connectivity index (χ0v) is 13.6. The number of hydrogen-bond donors (Lipinski definition) is 0. The lowest BCUT2D eigenvalue weighted by Crippen LogP contribution is -2.37. The summed E-state index contributed by atoms with van der Waals surface area (Å²) in [5.41, 5.74) is 0. The number of benzene rings is 1. The number of amides is 1. The molecule has 1 fully saturated rings. The SMILES string of the molecule is CC1CCN(C(=O)CCCSc2ccc(Cl)cc2)CC1. The molecule has 1 aromatic carbocycles.